The van der Waals surface area contributed by atoms with E-state index in [1.54, 1.807) is 11.1 Å². The summed E-state index contributed by atoms with van der Waals surface area (Å²) in [5.74, 6) is 3.48. The van der Waals surface area contributed by atoms with Gasteiger partial charge in [-0.15, -0.1) is 6.58 Å². The molecule has 0 nitrogen and oxygen atoms in total. The van der Waals surface area contributed by atoms with Gasteiger partial charge in [-0.05, 0) is 79.6 Å². The number of hydrogen-bond acceptors (Lipinski definition) is 0. The topological polar surface area (TPSA) is 0 Å². The molecule has 0 aromatic heterocycles. The van der Waals surface area contributed by atoms with E-state index in [4.69, 9.17) is 0 Å². The first kappa shape index (κ1) is 13.6. The van der Waals surface area contributed by atoms with Crippen LogP contribution in [0.2, 0.25) is 0 Å². The molecule has 0 saturated heterocycles. The number of rotatable bonds is 1. The molecule has 0 aromatic carbocycles. The fourth-order valence-electron chi connectivity index (χ4n) is 6.22. The SMILES string of the molecule is C=CC1CCC2C3CCC4=C(C=CC(=C)C4)C3CCC12C. The summed E-state index contributed by atoms with van der Waals surface area (Å²) in [5.41, 5.74) is 5.27. The largest absolute Gasteiger partial charge is 0.103 e. The first-order valence-corrected chi connectivity index (χ1v) is 8.84. The molecule has 0 bridgehead atoms. The average Bonchev–Trinajstić information content (AvgIpc) is 2.83. The fourth-order valence-corrected chi connectivity index (χ4v) is 6.22. The lowest BCUT2D eigenvalue weighted by atomic mass is 9.53. The van der Waals surface area contributed by atoms with Crippen molar-refractivity contribution in [1.29, 1.82) is 0 Å². The van der Waals surface area contributed by atoms with Crippen LogP contribution in [-0.4, -0.2) is 0 Å². The van der Waals surface area contributed by atoms with Gasteiger partial charge in [-0.3, -0.25) is 0 Å². The predicted molar refractivity (Wildman–Crippen MR) is 89.9 cm³/mol. The van der Waals surface area contributed by atoms with Gasteiger partial charge in [-0.1, -0.05) is 42.9 Å². The van der Waals surface area contributed by atoms with Crippen LogP contribution in [0.25, 0.3) is 0 Å². The number of allylic oxidation sites excluding steroid dienone is 6. The molecule has 4 rings (SSSR count). The molecule has 0 heteroatoms. The summed E-state index contributed by atoms with van der Waals surface area (Å²) in [4.78, 5) is 0. The predicted octanol–water partition coefficient (Wildman–Crippen LogP) is 5.84. The van der Waals surface area contributed by atoms with Gasteiger partial charge in [0.15, 0.2) is 0 Å². The average molecular weight is 280 g/mol. The van der Waals surface area contributed by atoms with Crippen LogP contribution in [0.5, 0.6) is 0 Å². The Morgan fingerprint density at radius 3 is 2.86 bits per heavy atom. The van der Waals surface area contributed by atoms with Crippen molar-refractivity contribution in [2.45, 2.75) is 51.9 Å². The lowest BCUT2D eigenvalue weighted by molar-refractivity contribution is 0.0278. The van der Waals surface area contributed by atoms with Crippen molar-refractivity contribution in [1.82, 2.24) is 0 Å². The number of fused-ring (bicyclic) bond motifs is 4. The molecule has 2 fully saturated rings. The van der Waals surface area contributed by atoms with E-state index in [1.807, 2.05) is 0 Å². The molecule has 0 radical (unpaired) electrons. The van der Waals surface area contributed by atoms with Crippen LogP contribution in [0, 0.1) is 29.1 Å². The van der Waals surface area contributed by atoms with Crippen LogP contribution in [0.1, 0.15) is 51.9 Å². The second-order valence-electron chi connectivity index (χ2n) is 8.11. The molecule has 5 atom stereocenters. The standard InChI is InChI=1S/C21H28/c1-4-16-7-10-20-19-9-6-15-13-14(2)5-8-17(15)18(19)11-12-21(16,20)3/h4-5,8,16,18-20H,1-2,6-7,9-13H2,3H3. The van der Waals surface area contributed by atoms with Gasteiger partial charge in [0.25, 0.3) is 0 Å². The van der Waals surface area contributed by atoms with E-state index in [0.717, 1.165) is 30.1 Å². The third kappa shape index (κ3) is 1.87. The van der Waals surface area contributed by atoms with Gasteiger partial charge >= 0.3 is 0 Å². The van der Waals surface area contributed by atoms with Crippen LogP contribution < -0.4 is 0 Å². The zero-order valence-electron chi connectivity index (χ0n) is 13.4. The van der Waals surface area contributed by atoms with E-state index in [9.17, 15) is 0 Å². The maximum absolute atomic E-state index is 4.16. The molecule has 0 amide bonds. The van der Waals surface area contributed by atoms with Gasteiger partial charge in [0, 0.05) is 0 Å². The van der Waals surface area contributed by atoms with Crippen LogP contribution in [0.4, 0.5) is 0 Å². The van der Waals surface area contributed by atoms with Crippen LogP contribution >= 0.6 is 0 Å². The minimum atomic E-state index is 0.545. The highest BCUT2D eigenvalue weighted by atomic mass is 14.6. The van der Waals surface area contributed by atoms with Gasteiger partial charge in [0.1, 0.15) is 0 Å². The Hall–Kier alpha value is -1.04. The highest BCUT2D eigenvalue weighted by Crippen LogP contribution is 2.62. The van der Waals surface area contributed by atoms with Crippen molar-refractivity contribution in [2.24, 2.45) is 29.1 Å². The molecule has 0 aliphatic heterocycles. The summed E-state index contributed by atoms with van der Waals surface area (Å²) in [5, 5.41) is 0. The molecule has 0 aromatic rings. The van der Waals surface area contributed by atoms with Crippen molar-refractivity contribution in [3.63, 3.8) is 0 Å². The van der Waals surface area contributed by atoms with Crippen LogP contribution in [0.15, 0.2) is 48.1 Å². The maximum atomic E-state index is 4.16. The summed E-state index contributed by atoms with van der Waals surface area (Å²) in [6.07, 6.45) is 16.5. The van der Waals surface area contributed by atoms with Crippen molar-refractivity contribution in [2.75, 3.05) is 0 Å². The second kappa shape index (κ2) is 4.73. The Labute approximate surface area is 129 Å². The van der Waals surface area contributed by atoms with Gasteiger partial charge < -0.3 is 0 Å². The van der Waals surface area contributed by atoms with Crippen LogP contribution in [-0.2, 0) is 0 Å². The molecule has 4 aliphatic carbocycles. The summed E-state index contributed by atoms with van der Waals surface area (Å²) < 4.78 is 0. The second-order valence-corrected chi connectivity index (χ2v) is 8.11. The minimum Gasteiger partial charge on any atom is -0.103 e. The van der Waals surface area contributed by atoms with Crippen molar-refractivity contribution in [3.8, 4) is 0 Å². The molecule has 21 heavy (non-hydrogen) atoms. The molecule has 4 aliphatic rings. The summed E-state index contributed by atoms with van der Waals surface area (Å²) in [6.45, 7) is 10.9. The quantitative estimate of drug-likeness (QED) is 0.529. The van der Waals surface area contributed by atoms with E-state index in [-0.39, 0.29) is 0 Å². The van der Waals surface area contributed by atoms with Gasteiger partial charge in [0.2, 0.25) is 0 Å². The molecule has 2 saturated carbocycles. The molecular weight excluding hydrogens is 252 g/mol. The smallest absolute Gasteiger partial charge is 0.00670 e. The highest BCUT2D eigenvalue weighted by molar-refractivity contribution is 5.43. The van der Waals surface area contributed by atoms with Gasteiger partial charge in [0.05, 0.1) is 0 Å². The summed E-state index contributed by atoms with van der Waals surface area (Å²) in [6, 6.07) is 0. The molecule has 5 unspecified atom stereocenters. The normalized spacial score (nSPS) is 45.1. The van der Waals surface area contributed by atoms with E-state index in [1.165, 1.54) is 44.1 Å². The fraction of sp³-hybridized carbons (Fsp3) is 0.619. The lowest BCUT2D eigenvalue weighted by Crippen LogP contribution is -2.43. The zero-order chi connectivity index (χ0) is 14.6. The molecular formula is C21H28. The minimum absolute atomic E-state index is 0.545. The molecule has 112 valence electrons. The van der Waals surface area contributed by atoms with Crippen molar-refractivity contribution < 1.29 is 0 Å². The Morgan fingerprint density at radius 1 is 1.19 bits per heavy atom. The van der Waals surface area contributed by atoms with Crippen molar-refractivity contribution in [3.05, 3.63) is 48.1 Å². The van der Waals surface area contributed by atoms with Gasteiger partial charge in [-0.25, -0.2) is 0 Å². The number of hydrogen-bond donors (Lipinski definition) is 0. The summed E-state index contributed by atoms with van der Waals surface area (Å²) in [7, 11) is 0. The third-order valence-corrected chi connectivity index (χ3v) is 7.32. The Kier molecular flexibility index (Phi) is 3.07. The Balaban J connectivity index is 1.66. The van der Waals surface area contributed by atoms with E-state index < -0.39 is 0 Å². The van der Waals surface area contributed by atoms with Gasteiger partial charge in [-0.2, -0.15) is 0 Å². The third-order valence-electron chi connectivity index (χ3n) is 7.32. The van der Waals surface area contributed by atoms with Crippen molar-refractivity contribution >= 4 is 0 Å². The zero-order valence-corrected chi connectivity index (χ0v) is 13.4. The molecule has 0 spiro atoms. The van der Waals surface area contributed by atoms with E-state index in [2.05, 4.69) is 38.3 Å². The van der Waals surface area contributed by atoms with E-state index in [0.29, 0.717) is 5.41 Å². The first-order valence-electron chi connectivity index (χ1n) is 8.84. The maximum Gasteiger partial charge on any atom is -0.00670 e. The van der Waals surface area contributed by atoms with E-state index >= 15 is 0 Å². The Bertz CT molecular complexity index is 546. The first-order chi connectivity index (χ1) is 10.1. The Morgan fingerprint density at radius 2 is 2.05 bits per heavy atom. The molecule has 0 N–H and O–H groups in total. The molecule has 0 heterocycles. The summed E-state index contributed by atoms with van der Waals surface area (Å²) >= 11 is 0. The lowest BCUT2D eigenvalue weighted by Gasteiger charge is -2.51. The monoisotopic (exact) mass is 280 g/mol. The van der Waals surface area contributed by atoms with Crippen LogP contribution in [0.3, 0.4) is 0 Å². The highest BCUT2D eigenvalue weighted by Gasteiger charge is 2.53.